The standard InChI is InChI=1S/C9H12N2O5S/c1-3-4-5-8(12)15-6-9(10-11-9)7-16-17(2,13)14/h1H,4-7H2,2H3. The molecule has 0 aliphatic carbocycles. The zero-order chi connectivity index (χ0) is 12.9. The van der Waals surface area contributed by atoms with Crippen LogP contribution in [0.1, 0.15) is 12.8 Å². The Hall–Kier alpha value is -1.46. The van der Waals surface area contributed by atoms with E-state index < -0.39 is 21.8 Å². The van der Waals surface area contributed by atoms with Gasteiger partial charge in [0.2, 0.25) is 5.66 Å². The van der Waals surface area contributed by atoms with Crippen molar-refractivity contribution in [3.8, 4) is 12.3 Å². The SMILES string of the molecule is C#CCCC(=O)OCC1(COS(C)(=O)=O)N=N1. The molecule has 1 rings (SSSR count). The fourth-order valence-corrected chi connectivity index (χ4v) is 1.27. The van der Waals surface area contributed by atoms with Crippen molar-refractivity contribution in [2.45, 2.75) is 18.5 Å². The highest BCUT2D eigenvalue weighted by molar-refractivity contribution is 7.85. The van der Waals surface area contributed by atoms with Crippen molar-refractivity contribution in [2.75, 3.05) is 19.5 Å². The Morgan fingerprint density at radius 3 is 2.53 bits per heavy atom. The largest absolute Gasteiger partial charge is 0.461 e. The fraction of sp³-hybridized carbons (Fsp3) is 0.667. The van der Waals surface area contributed by atoms with E-state index in [4.69, 9.17) is 11.2 Å². The highest BCUT2D eigenvalue weighted by Crippen LogP contribution is 2.29. The quantitative estimate of drug-likeness (QED) is 0.367. The molecule has 7 nitrogen and oxygen atoms in total. The molecule has 17 heavy (non-hydrogen) atoms. The summed E-state index contributed by atoms with van der Waals surface area (Å²) in [6.45, 7) is -0.389. The molecule has 0 N–H and O–H groups in total. The van der Waals surface area contributed by atoms with E-state index in [1.807, 2.05) is 0 Å². The lowest BCUT2D eigenvalue weighted by Gasteiger charge is -2.10. The molecule has 8 heteroatoms. The first-order valence-electron chi connectivity index (χ1n) is 4.74. The first kappa shape index (κ1) is 13.6. The second kappa shape index (κ2) is 5.25. The van der Waals surface area contributed by atoms with E-state index >= 15 is 0 Å². The topological polar surface area (TPSA) is 94.4 Å². The van der Waals surface area contributed by atoms with Crippen molar-refractivity contribution >= 4 is 16.1 Å². The molecule has 0 aromatic carbocycles. The van der Waals surface area contributed by atoms with Crippen molar-refractivity contribution in [1.29, 1.82) is 0 Å². The zero-order valence-corrected chi connectivity index (χ0v) is 10.1. The molecule has 1 aliphatic rings. The van der Waals surface area contributed by atoms with Gasteiger partial charge >= 0.3 is 5.97 Å². The van der Waals surface area contributed by atoms with Gasteiger partial charge in [-0.15, -0.1) is 12.3 Å². The van der Waals surface area contributed by atoms with Crippen LogP contribution in [0.2, 0.25) is 0 Å². The molecule has 0 saturated carbocycles. The maximum absolute atomic E-state index is 11.1. The molecule has 1 heterocycles. The molecule has 0 fully saturated rings. The third-order valence-electron chi connectivity index (χ3n) is 1.82. The van der Waals surface area contributed by atoms with Crippen molar-refractivity contribution < 1.29 is 22.1 Å². The van der Waals surface area contributed by atoms with Gasteiger partial charge in [-0.1, -0.05) is 0 Å². The Balaban J connectivity index is 2.27. The number of hydrogen-bond donors (Lipinski definition) is 0. The Bertz CT molecular complexity index is 456. The summed E-state index contributed by atoms with van der Waals surface area (Å²) in [5.74, 6) is 1.83. The number of terminal acetylenes is 1. The van der Waals surface area contributed by atoms with Crippen LogP contribution in [0.3, 0.4) is 0 Å². The Kier molecular flexibility index (Phi) is 4.20. The van der Waals surface area contributed by atoms with Crippen LogP contribution in [-0.2, 0) is 23.8 Å². The number of esters is 1. The summed E-state index contributed by atoms with van der Waals surface area (Å²) in [6, 6.07) is 0. The van der Waals surface area contributed by atoms with E-state index in [0.717, 1.165) is 6.26 Å². The van der Waals surface area contributed by atoms with Gasteiger partial charge in [0.25, 0.3) is 10.1 Å². The number of rotatable bonds is 7. The number of hydrogen-bond acceptors (Lipinski definition) is 7. The zero-order valence-electron chi connectivity index (χ0n) is 9.25. The molecule has 0 spiro atoms. The van der Waals surface area contributed by atoms with E-state index in [1.54, 1.807) is 0 Å². The second-order valence-electron chi connectivity index (χ2n) is 3.51. The van der Waals surface area contributed by atoms with Gasteiger partial charge in [0, 0.05) is 6.42 Å². The maximum atomic E-state index is 11.1. The molecule has 94 valence electrons. The molecule has 0 unspecified atom stereocenters. The van der Waals surface area contributed by atoms with Crippen LogP contribution in [0, 0.1) is 12.3 Å². The van der Waals surface area contributed by atoms with E-state index in [9.17, 15) is 13.2 Å². The Labute approximate surface area is 99.3 Å². The maximum Gasteiger partial charge on any atom is 0.306 e. The molecule has 0 aromatic rings. The highest BCUT2D eigenvalue weighted by Gasteiger charge is 2.43. The van der Waals surface area contributed by atoms with Gasteiger partial charge in [-0.05, 0) is 0 Å². The van der Waals surface area contributed by atoms with E-state index in [0.29, 0.717) is 6.42 Å². The third-order valence-corrected chi connectivity index (χ3v) is 2.37. The van der Waals surface area contributed by atoms with Crippen molar-refractivity contribution in [3.05, 3.63) is 0 Å². The van der Waals surface area contributed by atoms with Crippen molar-refractivity contribution in [1.82, 2.24) is 0 Å². The summed E-state index contributed by atoms with van der Waals surface area (Å²) in [4.78, 5) is 11.1. The third kappa shape index (κ3) is 5.42. The molecule has 0 saturated heterocycles. The van der Waals surface area contributed by atoms with Gasteiger partial charge in [0.1, 0.15) is 13.2 Å². The number of carbonyl (C=O) groups excluding carboxylic acids is 1. The Morgan fingerprint density at radius 1 is 1.41 bits per heavy atom. The van der Waals surface area contributed by atoms with Gasteiger partial charge in [-0.25, -0.2) is 0 Å². The first-order valence-corrected chi connectivity index (χ1v) is 6.56. The monoisotopic (exact) mass is 260 g/mol. The summed E-state index contributed by atoms with van der Waals surface area (Å²) >= 11 is 0. The second-order valence-corrected chi connectivity index (χ2v) is 5.16. The van der Waals surface area contributed by atoms with Gasteiger partial charge in [-0.3, -0.25) is 8.98 Å². The predicted octanol–water partition coefficient (Wildman–Crippen LogP) is 0.0813. The lowest BCUT2D eigenvalue weighted by atomic mass is 10.3. The normalized spacial score (nSPS) is 16.2. The predicted molar refractivity (Wildman–Crippen MR) is 57.4 cm³/mol. The molecular weight excluding hydrogens is 248 g/mol. The average Bonchev–Trinajstić information content (AvgIpc) is 3.01. The lowest BCUT2D eigenvalue weighted by molar-refractivity contribution is -0.144. The van der Waals surface area contributed by atoms with Crippen molar-refractivity contribution in [3.63, 3.8) is 0 Å². The first-order chi connectivity index (χ1) is 7.87. The van der Waals surface area contributed by atoms with Crippen LogP contribution < -0.4 is 0 Å². The van der Waals surface area contributed by atoms with Crippen LogP contribution in [-0.4, -0.2) is 39.5 Å². The van der Waals surface area contributed by atoms with Crippen LogP contribution >= 0.6 is 0 Å². The molecule has 0 aromatic heterocycles. The van der Waals surface area contributed by atoms with Crippen LogP contribution in [0.15, 0.2) is 10.2 Å². The molecule has 0 amide bonds. The number of nitrogens with zero attached hydrogens (tertiary/aromatic N) is 2. The van der Waals surface area contributed by atoms with Gasteiger partial charge in [-0.2, -0.15) is 18.6 Å². The fourth-order valence-electron chi connectivity index (χ4n) is 0.872. The van der Waals surface area contributed by atoms with Crippen LogP contribution in [0.4, 0.5) is 0 Å². The van der Waals surface area contributed by atoms with Crippen LogP contribution in [0.5, 0.6) is 0 Å². The summed E-state index contributed by atoms with van der Waals surface area (Å²) in [7, 11) is -3.56. The highest BCUT2D eigenvalue weighted by atomic mass is 32.2. The minimum absolute atomic E-state index is 0.111. The smallest absolute Gasteiger partial charge is 0.306 e. The molecule has 0 atom stereocenters. The molecule has 0 radical (unpaired) electrons. The Morgan fingerprint density at radius 2 is 2.06 bits per heavy atom. The summed E-state index contributed by atoms with van der Waals surface area (Å²) in [5, 5.41) is 7.21. The minimum atomic E-state index is -3.56. The van der Waals surface area contributed by atoms with Gasteiger partial charge < -0.3 is 4.74 Å². The minimum Gasteiger partial charge on any atom is -0.461 e. The number of ether oxygens (including phenoxy) is 1. The summed E-state index contributed by atoms with van der Waals surface area (Å²) in [5.41, 5.74) is -1.06. The number of carbonyl (C=O) groups is 1. The summed E-state index contributed by atoms with van der Waals surface area (Å²) in [6.07, 6.45) is 6.31. The molecular formula is C9H12N2O5S. The molecule has 1 aliphatic heterocycles. The summed E-state index contributed by atoms with van der Waals surface area (Å²) < 4.78 is 30.9. The average molecular weight is 260 g/mol. The van der Waals surface area contributed by atoms with E-state index in [-0.39, 0.29) is 19.6 Å². The van der Waals surface area contributed by atoms with E-state index in [1.165, 1.54) is 0 Å². The van der Waals surface area contributed by atoms with Gasteiger partial charge in [0.15, 0.2) is 0 Å². The van der Waals surface area contributed by atoms with Crippen LogP contribution in [0.25, 0.3) is 0 Å². The molecule has 0 bridgehead atoms. The van der Waals surface area contributed by atoms with E-state index in [2.05, 4.69) is 20.3 Å². The van der Waals surface area contributed by atoms with Gasteiger partial charge in [0.05, 0.1) is 12.7 Å². The lowest BCUT2D eigenvalue weighted by Crippen LogP contribution is -2.28. The van der Waals surface area contributed by atoms with Crippen molar-refractivity contribution in [2.24, 2.45) is 10.2 Å².